The van der Waals surface area contributed by atoms with E-state index < -0.39 is 5.97 Å². The third-order valence-electron chi connectivity index (χ3n) is 3.87. The van der Waals surface area contributed by atoms with Crippen molar-refractivity contribution in [2.24, 2.45) is 7.05 Å². The molecule has 0 aliphatic heterocycles. The maximum atomic E-state index is 11.1. The molecule has 1 aliphatic carbocycles. The number of hydrogen-bond acceptors (Lipinski definition) is 2. The number of aromatic carboxylic acids is 1. The summed E-state index contributed by atoms with van der Waals surface area (Å²) in [5.74, 6) is -0.379. The quantitative estimate of drug-likeness (QED) is 0.883. The largest absolute Gasteiger partial charge is 0.478 e. The summed E-state index contributed by atoms with van der Waals surface area (Å²) in [5.41, 5.74) is 2.43. The SMILES string of the molecule is Cn1nc(C2CCCC2)c2cc(C(=O)O)ccc21. The molecule has 1 aromatic carbocycles. The average Bonchev–Trinajstić information content (AvgIpc) is 2.97. The van der Waals surface area contributed by atoms with Gasteiger partial charge in [0.1, 0.15) is 0 Å². The normalized spacial score (nSPS) is 16.5. The summed E-state index contributed by atoms with van der Waals surface area (Å²) in [6, 6.07) is 5.26. The lowest BCUT2D eigenvalue weighted by Crippen LogP contribution is -1.97. The van der Waals surface area contributed by atoms with Crippen molar-refractivity contribution in [3.05, 3.63) is 29.5 Å². The lowest BCUT2D eigenvalue weighted by atomic mass is 9.99. The molecule has 0 bridgehead atoms. The molecule has 1 fully saturated rings. The number of aromatic nitrogens is 2. The monoisotopic (exact) mass is 244 g/mol. The lowest BCUT2D eigenvalue weighted by Gasteiger charge is -2.05. The molecule has 0 radical (unpaired) electrons. The predicted octanol–water partition coefficient (Wildman–Crippen LogP) is 2.93. The van der Waals surface area contributed by atoms with E-state index in [1.165, 1.54) is 25.7 Å². The number of aryl methyl sites for hydroxylation is 1. The molecular formula is C14H16N2O2. The van der Waals surface area contributed by atoms with Crippen LogP contribution in [0.5, 0.6) is 0 Å². The van der Waals surface area contributed by atoms with Gasteiger partial charge in [0.15, 0.2) is 0 Å². The number of hydrogen-bond donors (Lipinski definition) is 1. The second-order valence-electron chi connectivity index (χ2n) is 5.03. The highest BCUT2D eigenvalue weighted by molar-refractivity contribution is 5.94. The van der Waals surface area contributed by atoms with Gasteiger partial charge in [-0.05, 0) is 31.0 Å². The van der Waals surface area contributed by atoms with Crippen LogP contribution >= 0.6 is 0 Å². The maximum absolute atomic E-state index is 11.1. The topological polar surface area (TPSA) is 55.1 Å². The summed E-state index contributed by atoms with van der Waals surface area (Å²) >= 11 is 0. The van der Waals surface area contributed by atoms with Crippen molar-refractivity contribution in [3.63, 3.8) is 0 Å². The summed E-state index contributed by atoms with van der Waals surface area (Å²) in [6.45, 7) is 0. The van der Waals surface area contributed by atoms with Crippen LogP contribution in [0.3, 0.4) is 0 Å². The van der Waals surface area contributed by atoms with Gasteiger partial charge in [-0.1, -0.05) is 12.8 Å². The Morgan fingerprint density at radius 1 is 1.39 bits per heavy atom. The van der Waals surface area contributed by atoms with E-state index in [1.54, 1.807) is 12.1 Å². The van der Waals surface area contributed by atoms with Crippen LogP contribution in [0.2, 0.25) is 0 Å². The fraction of sp³-hybridized carbons (Fsp3) is 0.429. The highest BCUT2D eigenvalue weighted by atomic mass is 16.4. The van der Waals surface area contributed by atoms with Gasteiger partial charge in [0.25, 0.3) is 0 Å². The van der Waals surface area contributed by atoms with Crippen LogP contribution in [0.25, 0.3) is 10.9 Å². The van der Waals surface area contributed by atoms with Gasteiger partial charge in [-0.15, -0.1) is 0 Å². The van der Waals surface area contributed by atoms with E-state index in [0.29, 0.717) is 11.5 Å². The number of carbonyl (C=O) groups is 1. The van der Waals surface area contributed by atoms with E-state index in [-0.39, 0.29) is 0 Å². The van der Waals surface area contributed by atoms with Crippen LogP contribution in [-0.4, -0.2) is 20.9 Å². The summed E-state index contributed by atoms with van der Waals surface area (Å²) < 4.78 is 1.86. The van der Waals surface area contributed by atoms with Crippen LogP contribution in [-0.2, 0) is 7.05 Å². The number of fused-ring (bicyclic) bond motifs is 1. The summed E-state index contributed by atoms with van der Waals surface area (Å²) in [6.07, 6.45) is 4.84. The maximum Gasteiger partial charge on any atom is 0.335 e. The fourth-order valence-electron chi connectivity index (χ4n) is 2.93. The number of nitrogens with zero attached hydrogens (tertiary/aromatic N) is 2. The van der Waals surface area contributed by atoms with Crippen LogP contribution in [0.4, 0.5) is 0 Å². The molecule has 0 amide bonds. The zero-order valence-corrected chi connectivity index (χ0v) is 10.4. The third-order valence-corrected chi connectivity index (χ3v) is 3.87. The Balaban J connectivity index is 2.18. The van der Waals surface area contributed by atoms with E-state index in [9.17, 15) is 4.79 Å². The van der Waals surface area contributed by atoms with Crippen molar-refractivity contribution in [1.82, 2.24) is 9.78 Å². The molecule has 0 saturated heterocycles. The molecule has 1 N–H and O–H groups in total. The molecule has 1 heterocycles. The van der Waals surface area contributed by atoms with Crippen molar-refractivity contribution in [1.29, 1.82) is 0 Å². The van der Waals surface area contributed by atoms with E-state index in [2.05, 4.69) is 5.10 Å². The first-order chi connectivity index (χ1) is 8.66. The van der Waals surface area contributed by atoms with Gasteiger partial charge in [0, 0.05) is 18.4 Å². The Bertz CT molecular complexity index is 610. The lowest BCUT2D eigenvalue weighted by molar-refractivity contribution is 0.0697. The van der Waals surface area contributed by atoms with E-state index in [4.69, 9.17) is 5.11 Å². The molecule has 0 atom stereocenters. The standard InChI is InChI=1S/C14H16N2O2/c1-16-12-7-6-10(14(17)18)8-11(12)13(15-16)9-4-2-3-5-9/h6-9H,2-5H2,1H3,(H,17,18). The highest BCUT2D eigenvalue weighted by Gasteiger charge is 2.23. The molecule has 1 saturated carbocycles. The van der Waals surface area contributed by atoms with Gasteiger partial charge in [0.2, 0.25) is 0 Å². The molecule has 18 heavy (non-hydrogen) atoms. The molecule has 2 aromatic rings. The Morgan fingerprint density at radius 2 is 2.11 bits per heavy atom. The average molecular weight is 244 g/mol. The van der Waals surface area contributed by atoms with Crippen molar-refractivity contribution in [2.45, 2.75) is 31.6 Å². The molecule has 4 nitrogen and oxygen atoms in total. The molecule has 1 aromatic heterocycles. The Hall–Kier alpha value is -1.84. The van der Waals surface area contributed by atoms with Gasteiger partial charge >= 0.3 is 5.97 Å². The first-order valence-corrected chi connectivity index (χ1v) is 6.37. The fourth-order valence-corrected chi connectivity index (χ4v) is 2.93. The number of rotatable bonds is 2. The first-order valence-electron chi connectivity index (χ1n) is 6.37. The van der Waals surface area contributed by atoms with Crippen molar-refractivity contribution < 1.29 is 9.90 Å². The number of benzene rings is 1. The van der Waals surface area contributed by atoms with E-state index in [1.807, 2.05) is 17.8 Å². The summed E-state index contributed by atoms with van der Waals surface area (Å²) in [7, 11) is 1.92. The zero-order valence-electron chi connectivity index (χ0n) is 10.4. The third kappa shape index (κ3) is 1.68. The van der Waals surface area contributed by atoms with Crippen LogP contribution in [0, 0.1) is 0 Å². The first kappa shape index (κ1) is 11.3. The van der Waals surface area contributed by atoms with Gasteiger partial charge in [-0.25, -0.2) is 4.79 Å². The molecule has 0 unspecified atom stereocenters. The van der Waals surface area contributed by atoms with Gasteiger partial charge in [0.05, 0.1) is 16.8 Å². The van der Waals surface area contributed by atoms with Crippen molar-refractivity contribution >= 4 is 16.9 Å². The van der Waals surface area contributed by atoms with Crippen molar-refractivity contribution in [3.8, 4) is 0 Å². The number of carboxylic acids is 1. The van der Waals surface area contributed by atoms with Crippen LogP contribution in [0.15, 0.2) is 18.2 Å². The Kier molecular flexibility index (Phi) is 2.58. The predicted molar refractivity (Wildman–Crippen MR) is 68.9 cm³/mol. The van der Waals surface area contributed by atoms with E-state index in [0.717, 1.165) is 16.6 Å². The minimum absolute atomic E-state index is 0.342. The Morgan fingerprint density at radius 3 is 2.78 bits per heavy atom. The molecule has 4 heteroatoms. The minimum atomic E-state index is -0.877. The Labute approximate surface area is 105 Å². The second kappa shape index (κ2) is 4.12. The summed E-state index contributed by atoms with van der Waals surface area (Å²) in [5, 5.41) is 14.7. The highest BCUT2D eigenvalue weighted by Crippen LogP contribution is 2.37. The molecular weight excluding hydrogens is 228 g/mol. The molecule has 3 rings (SSSR count). The molecule has 94 valence electrons. The second-order valence-corrected chi connectivity index (χ2v) is 5.03. The summed E-state index contributed by atoms with van der Waals surface area (Å²) in [4.78, 5) is 11.1. The number of carboxylic acid groups (broad SMARTS) is 1. The van der Waals surface area contributed by atoms with Crippen LogP contribution < -0.4 is 0 Å². The van der Waals surface area contributed by atoms with Crippen LogP contribution in [0.1, 0.15) is 47.7 Å². The van der Waals surface area contributed by atoms with Gasteiger partial charge in [-0.3, -0.25) is 4.68 Å². The van der Waals surface area contributed by atoms with Gasteiger partial charge < -0.3 is 5.11 Å². The van der Waals surface area contributed by atoms with E-state index >= 15 is 0 Å². The minimum Gasteiger partial charge on any atom is -0.478 e. The molecule has 1 aliphatic rings. The zero-order chi connectivity index (χ0) is 12.7. The van der Waals surface area contributed by atoms with Crippen molar-refractivity contribution in [2.75, 3.05) is 0 Å². The van der Waals surface area contributed by atoms with Gasteiger partial charge in [-0.2, -0.15) is 5.10 Å². The molecule has 0 spiro atoms. The smallest absolute Gasteiger partial charge is 0.335 e.